The van der Waals surface area contributed by atoms with Crippen molar-refractivity contribution in [2.75, 3.05) is 29.9 Å². The Morgan fingerprint density at radius 3 is 2.89 bits per heavy atom. The maximum atomic E-state index is 12.4. The highest BCUT2D eigenvalue weighted by Gasteiger charge is 2.37. The van der Waals surface area contributed by atoms with Crippen molar-refractivity contribution in [3.8, 4) is 0 Å². The van der Waals surface area contributed by atoms with Gasteiger partial charge in [0, 0.05) is 33.1 Å². The van der Waals surface area contributed by atoms with Crippen LogP contribution in [0.15, 0.2) is 49.3 Å². The molecule has 1 aromatic heterocycles. The third kappa shape index (κ3) is 3.39. The Balaban J connectivity index is 1.71. The fourth-order valence-corrected chi connectivity index (χ4v) is 4.10. The largest absolute Gasteiger partial charge is 0.355 e. The molecule has 2 aromatic rings. The van der Waals surface area contributed by atoms with Gasteiger partial charge in [0.25, 0.3) is 0 Å². The molecule has 0 unspecified atom stereocenters. The third-order valence-corrected chi connectivity index (χ3v) is 5.39. The molecule has 0 spiro atoms. The number of hydrogen-bond acceptors (Lipinski definition) is 5. The highest BCUT2D eigenvalue weighted by atomic mass is 16.2. The smallest absolute Gasteiger partial charge is 0.223 e. The highest BCUT2D eigenvalue weighted by molar-refractivity contribution is 5.80. The van der Waals surface area contributed by atoms with Crippen LogP contribution in [0.25, 0.3) is 0 Å². The number of nitrogens with zero attached hydrogens (tertiary/aromatic N) is 5. The summed E-state index contributed by atoms with van der Waals surface area (Å²) in [5.74, 6) is 2.03. The zero-order chi connectivity index (χ0) is 18.8. The van der Waals surface area contributed by atoms with Crippen molar-refractivity contribution in [2.45, 2.75) is 32.0 Å². The molecule has 6 nitrogen and oxygen atoms in total. The van der Waals surface area contributed by atoms with E-state index in [0.717, 1.165) is 36.7 Å². The van der Waals surface area contributed by atoms with Crippen molar-refractivity contribution < 1.29 is 4.79 Å². The van der Waals surface area contributed by atoms with Gasteiger partial charge in [-0.25, -0.2) is 9.97 Å². The number of aromatic nitrogens is 2. The van der Waals surface area contributed by atoms with Gasteiger partial charge in [0.1, 0.15) is 18.0 Å². The van der Waals surface area contributed by atoms with E-state index < -0.39 is 0 Å². The van der Waals surface area contributed by atoms with Gasteiger partial charge in [-0.3, -0.25) is 4.79 Å². The summed E-state index contributed by atoms with van der Waals surface area (Å²) in [4.78, 5) is 28.0. The average Bonchev–Trinajstić information content (AvgIpc) is 2.93. The second-order valence-electron chi connectivity index (χ2n) is 7.25. The van der Waals surface area contributed by atoms with E-state index in [2.05, 4.69) is 38.5 Å². The minimum atomic E-state index is 0.229. The molecule has 1 saturated heterocycles. The van der Waals surface area contributed by atoms with Crippen LogP contribution in [-0.2, 0) is 17.9 Å². The zero-order valence-electron chi connectivity index (χ0n) is 15.7. The molecule has 0 saturated carbocycles. The van der Waals surface area contributed by atoms with Crippen molar-refractivity contribution in [2.24, 2.45) is 0 Å². The van der Waals surface area contributed by atoms with Crippen LogP contribution >= 0.6 is 0 Å². The summed E-state index contributed by atoms with van der Waals surface area (Å²) in [6, 6.07) is 10.6. The summed E-state index contributed by atoms with van der Waals surface area (Å²) in [5, 5.41) is 0. The zero-order valence-corrected chi connectivity index (χ0v) is 15.7. The fraction of sp³-hybridized carbons (Fsp3) is 0.381. The van der Waals surface area contributed by atoms with Crippen LogP contribution < -0.4 is 9.80 Å². The molecule has 27 heavy (non-hydrogen) atoms. The minimum absolute atomic E-state index is 0.229. The van der Waals surface area contributed by atoms with Gasteiger partial charge in [0.2, 0.25) is 5.91 Å². The van der Waals surface area contributed by atoms with Crippen molar-refractivity contribution in [3.05, 3.63) is 60.4 Å². The Morgan fingerprint density at radius 2 is 2.11 bits per heavy atom. The second-order valence-corrected chi connectivity index (χ2v) is 7.25. The Bertz CT molecular complexity index is 838. The number of benzene rings is 1. The normalized spacial score (nSPS) is 18.7. The van der Waals surface area contributed by atoms with Crippen LogP contribution in [0.1, 0.15) is 24.0 Å². The summed E-state index contributed by atoms with van der Waals surface area (Å²) in [5.41, 5.74) is 2.24. The summed E-state index contributed by atoms with van der Waals surface area (Å²) in [6.07, 6.45) is 5.06. The number of amides is 1. The van der Waals surface area contributed by atoms with Crippen LogP contribution in [-0.4, -0.2) is 47.0 Å². The highest BCUT2D eigenvalue weighted by Crippen LogP contribution is 2.35. The maximum Gasteiger partial charge on any atom is 0.223 e. The second kappa shape index (κ2) is 7.39. The summed E-state index contributed by atoms with van der Waals surface area (Å²) >= 11 is 0. The predicted octanol–water partition coefficient (Wildman–Crippen LogP) is 2.61. The van der Waals surface area contributed by atoms with Crippen molar-refractivity contribution in [1.82, 2.24) is 14.9 Å². The Hall–Kier alpha value is -2.89. The van der Waals surface area contributed by atoms with Gasteiger partial charge in [-0.1, -0.05) is 36.4 Å². The first kappa shape index (κ1) is 17.5. The van der Waals surface area contributed by atoms with Gasteiger partial charge in [0.05, 0.1) is 18.2 Å². The molecular formula is C21H25N5O. The molecule has 1 fully saturated rings. The SMILES string of the molecule is C=CCN1C[C@H]2CCC(=O)N2Cc2c(N(C)Cc3ccccc3)ncnc21. The molecule has 1 aromatic carbocycles. The Morgan fingerprint density at radius 1 is 1.30 bits per heavy atom. The lowest BCUT2D eigenvalue weighted by Gasteiger charge is -2.26. The van der Waals surface area contributed by atoms with E-state index >= 15 is 0 Å². The van der Waals surface area contributed by atoms with E-state index in [9.17, 15) is 4.79 Å². The number of anilines is 2. The quantitative estimate of drug-likeness (QED) is 0.765. The van der Waals surface area contributed by atoms with E-state index in [1.807, 2.05) is 36.2 Å². The first-order chi connectivity index (χ1) is 13.2. The Kier molecular flexibility index (Phi) is 4.79. The van der Waals surface area contributed by atoms with Crippen LogP contribution in [0.4, 0.5) is 11.6 Å². The standard InChI is InChI=1S/C21H25N5O/c1-3-11-25-13-17-9-10-19(27)26(17)14-18-20(22-15-23-21(18)25)24(2)12-16-7-5-4-6-8-16/h3-8,15,17H,1,9-14H2,2H3/t17-/m1/s1. The van der Waals surface area contributed by atoms with E-state index in [4.69, 9.17) is 0 Å². The van der Waals surface area contributed by atoms with Crippen LogP contribution in [0.3, 0.4) is 0 Å². The average molecular weight is 363 g/mol. The number of hydrogen-bond donors (Lipinski definition) is 0. The van der Waals surface area contributed by atoms with Crippen LogP contribution in [0.2, 0.25) is 0 Å². The molecule has 0 aliphatic carbocycles. The summed E-state index contributed by atoms with van der Waals surface area (Å²) < 4.78 is 0. The topological polar surface area (TPSA) is 52.6 Å². The van der Waals surface area contributed by atoms with E-state index in [1.165, 1.54) is 5.56 Å². The molecule has 2 aliphatic rings. The summed E-state index contributed by atoms with van der Waals surface area (Å²) in [6.45, 7) is 6.73. The lowest BCUT2D eigenvalue weighted by molar-refractivity contribution is -0.129. The van der Waals surface area contributed by atoms with Crippen LogP contribution in [0.5, 0.6) is 0 Å². The molecule has 0 N–H and O–H groups in total. The summed E-state index contributed by atoms with van der Waals surface area (Å²) in [7, 11) is 2.04. The van der Waals surface area contributed by atoms with Gasteiger partial charge in [-0.2, -0.15) is 0 Å². The van der Waals surface area contributed by atoms with Gasteiger partial charge < -0.3 is 14.7 Å². The molecule has 1 amide bonds. The molecule has 1 atom stereocenters. The predicted molar refractivity (Wildman–Crippen MR) is 107 cm³/mol. The Labute approximate surface area is 160 Å². The van der Waals surface area contributed by atoms with E-state index in [0.29, 0.717) is 19.5 Å². The number of carbonyl (C=O) groups excluding carboxylic acids is 1. The van der Waals surface area contributed by atoms with Gasteiger partial charge in [-0.05, 0) is 12.0 Å². The molecular weight excluding hydrogens is 338 g/mol. The monoisotopic (exact) mass is 363 g/mol. The molecule has 0 radical (unpaired) electrons. The van der Waals surface area contributed by atoms with Crippen molar-refractivity contribution in [1.29, 1.82) is 0 Å². The van der Waals surface area contributed by atoms with Gasteiger partial charge >= 0.3 is 0 Å². The molecule has 2 aliphatic heterocycles. The molecule has 3 heterocycles. The maximum absolute atomic E-state index is 12.4. The molecule has 4 rings (SSSR count). The van der Waals surface area contributed by atoms with E-state index in [1.54, 1.807) is 6.33 Å². The lowest BCUT2D eigenvalue weighted by atomic mass is 10.2. The third-order valence-electron chi connectivity index (χ3n) is 5.39. The van der Waals surface area contributed by atoms with Crippen LogP contribution in [0, 0.1) is 0 Å². The van der Waals surface area contributed by atoms with Gasteiger partial charge in [-0.15, -0.1) is 6.58 Å². The first-order valence-electron chi connectivity index (χ1n) is 9.41. The van der Waals surface area contributed by atoms with Crippen molar-refractivity contribution in [3.63, 3.8) is 0 Å². The minimum Gasteiger partial charge on any atom is -0.355 e. The van der Waals surface area contributed by atoms with Gasteiger partial charge in [0.15, 0.2) is 0 Å². The number of carbonyl (C=O) groups is 1. The van der Waals surface area contributed by atoms with Crippen molar-refractivity contribution >= 4 is 17.5 Å². The molecule has 0 bridgehead atoms. The van der Waals surface area contributed by atoms with E-state index in [-0.39, 0.29) is 11.9 Å². The number of fused-ring (bicyclic) bond motifs is 2. The first-order valence-corrected chi connectivity index (χ1v) is 9.41. The molecule has 140 valence electrons. The molecule has 6 heteroatoms. The lowest BCUT2D eigenvalue weighted by Crippen LogP contribution is -2.39. The fourth-order valence-electron chi connectivity index (χ4n) is 4.10. The number of rotatable bonds is 5.